The molecular formula is C15H16Na2O4. The molecule has 0 atom stereocenters. The summed E-state index contributed by atoms with van der Waals surface area (Å²) >= 11 is 0. The van der Waals surface area contributed by atoms with E-state index in [9.17, 15) is 9.90 Å². The molecule has 1 aromatic carbocycles. The third kappa shape index (κ3) is 12.1. The molecule has 102 valence electrons. The first-order valence-electron chi connectivity index (χ1n) is 5.79. The summed E-state index contributed by atoms with van der Waals surface area (Å²) in [4.78, 5) is 27.2. The Morgan fingerprint density at radius 2 is 1.71 bits per heavy atom. The molecule has 21 heavy (non-hydrogen) atoms. The molecular weight excluding hydrogens is 290 g/mol. The van der Waals surface area contributed by atoms with Gasteiger partial charge in [-0.3, -0.25) is 6.08 Å². The van der Waals surface area contributed by atoms with Crippen LogP contribution in [0.4, 0.5) is 0 Å². The maximum atomic E-state index is 10.9. The molecule has 0 aliphatic carbocycles. The number of aliphatic carboxylic acids is 1. The maximum Gasteiger partial charge on any atom is 1.00 e. The molecule has 0 aromatic heterocycles. The Morgan fingerprint density at radius 1 is 1.24 bits per heavy atom. The Morgan fingerprint density at radius 3 is 2.10 bits per heavy atom. The molecule has 0 fully saturated rings. The van der Waals surface area contributed by atoms with E-state index in [4.69, 9.17) is 9.59 Å². The predicted molar refractivity (Wildman–Crippen MR) is 66.5 cm³/mol. The molecule has 0 radical (unpaired) electrons. The van der Waals surface area contributed by atoms with Gasteiger partial charge < -0.3 is 9.90 Å². The number of carbonyl (C=O) groups excluding carboxylic acids is 3. The Labute approximate surface area is 169 Å². The molecule has 0 aliphatic rings. The Hall–Kier alpha value is -0.190. The van der Waals surface area contributed by atoms with Crippen molar-refractivity contribution in [2.45, 2.75) is 27.2 Å². The number of hydrogen-bond donors (Lipinski definition) is 0. The average molecular weight is 306 g/mol. The number of carboxylic acids is 1. The second-order valence-corrected chi connectivity index (χ2v) is 4.25. The molecule has 1 aromatic rings. The minimum absolute atomic E-state index is 0. The van der Waals surface area contributed by atoms with Gasteiger partial charge in [0, 0.05) is 0 Å². The number of allylic oxidation sites excluding steroid dienone is 1. The van der Waals surface area contributed by atoms with Gasteiger partial charge in [-0.15, -0.1) is 11.9 Å². The van der Waals surface area contributed by atoms with Crippen LogP contribution in [0.1, 0.15) is 25.0 Å². The fourth-order valence-electron chi connectivity index (χ4n) is 1.53. The first-order chi connectivity index (χ1) is 8.92. The van der Waals surface area contributed by atoms with Gasteiger partial charge in [0.15, 0.2) is 0 Å². The van der Waals surface area contributed by atoms with E-state index in [-0.39, 0.29) is 76.8 Å². The van der Waals surface area contributed by atoms with Gasteiger partial charge in [0.05, 0.1) is 0 Å². The molecule has 1 rings (SSSR count). The van der Waals surface area contributed by atoms with Crippen LogP contribution in [0.3, 0.4) is 0 Å². The Kier molecular flexibility index (Phi) is 18.1. The van der Waals surface area contributed by atoms with Gasteiger partial charge in [-0.2, -0.15) is 15.2 Å². The van der Waals surface area contributed by atoms with Crippen LogP contribution in [-0.4, -0.2) is 12.1 Å². The fourth-order valence-corrected chi connectivity index (χ4v) is 1.53. The Bertz CT molecular complexity index is 490. The summed E-state index contributed by atoms with van der Waals surface area (Å²) in [6.07, 6.45) is 3.54. The quantitative estimate of drug-likeness (QED) is 0.317. The molecule has 0 aliphatic heterocycles. The smallest absolute Gasteiger partial charge is 0.658 e. The summed E-state index contributed by atoms with van der Waals surface area (Å²) in [7, 11) is 0. The number of benzene rings is 1. The number of rotatable bonds is 4. The van der Waals surface area contributed by atoms with Crippen molar-refractivity contribution in [3.63, 3.8) is 0 Å². The fraction of sp³-hybridized carbons (Fsp3) is 0.333. The first-order valence-corrected chi connectivity index (χ1v) is 5.79. The average Bonchev–Trinajstić information content (AvgIpc) is 2.31. The van der Waals surface area contributed by atoms with Gasteiger partial charge >= 0.3 is 65.3 Å². The summed E-state index contributed by atoms with van der Waals surface area (Å²) in [5.74, 6) is -1.03. The number of carboxylic acid groups (broad SMARTS) is 1. The van der Waals surface area contributed by atoms with E-state index in [1.54, 1.807) is 0 Å². The maximum absolute atomic E-state index is 10.9. The second kappa shape index (κ2) is 14.7. The van der Waals surface area contributed by atoms with Crippen LogP contribution in [0.25, 0.3) is 0 Å². The van der Waals surface area contributed by atoms with Gasteiger partial charge in [-0.05, 0) is 24.5 Å². The summed E-state index contributed by atoms with van der Waals surface area (Å²) in [5, 5.41) is 10.9. The van der Waals surface area contributed by atoms with Crippen LogP contribution in [0.2, 0.25) is 0 Å². The normalized spacial score (nSPS) is 9.43. The van der Waals surface area contributed by atoms with Gasteiger partial charge in [-0.1, -0.05) is 38.1 Å². The molecule has 0 saturated carbocycles. The molecule has 4 nitrogen and oxygen atoms in total. The van der Waals surface area contributed by atoms with E-state index in [1.165, 1.54) is 0 Å². The standard InChI is InChI=1S/C14H17O2.CO2.2Na/c1-10(2)8-13(14(15)16)9-12-7-5-4-6-11(12)3;2-1-3;;/h4-7,10H,9H2,1-3H3,(H,15,16);;;/q-1;;2*+1/p-1. The molecule has 6 heteroatoms. The molecule has 0 bridgehead atoms. The van der Waals surface area contributed by atoms with Crippen LogP contribution < -0.4 is 64.2 Å². The van der Waals surface area contributed by atoms with Crippen molar-refractivity contribution < 1.29 is 78.6 Å². The van der Waals surface area contributed by atoms with Crippen LogP contribution in [-0.2, 0) is 20.8 Å². The summed E-state index contributed by atoms with van der Waals surface area (Å²) in [6.45, 7) is 5.78. The van der Waals surface area contributed by atoms with E-state index in [1.807, 2.05) is 45.0 Å². The molecule has 0 saturated heterocycles. The molecule has 0 unspecified atom stereocenters. The van der Waals surface area contributed by atoms with E-state index in [2.05, 4.69) is 6.08 Å². The first kappa shape index (κ1) is 25.7. The number of aryl methyl sites for hydroxylation is 1. The van der Waals surface area contributed by atoms with E-state index in [0.717, 1.165) is 11.1 Å². The molecule has 0 spiro atoms. The van der Waals surface area contributed by atoms with Gasteiger partial charge in [-0.25, -0.2) is 0 Å². The Balaban J connectivity index is -0.000000596. The third-order valence-electron chi connectivity index (χ3n) is 2.34. The van der Waals surface area contributed by atoms with Crippen molar-refractivity contribution in [1.29, 1.82) is 0 Å². The molecule has 0 amide bonds. The van der Waals surface area contributed by atoms with Crippen molar-refractivity contribution in [2.75, 3.05) is 0 Å². The van der Waals surface area contributed by atoms with E-state index < -0.39 is 5.97 Å². The van der Waals surface area contributed by atoms with E-state index in [0.29, 0.717) is 6.42 Å². The van der Waals surface area contributed by atoms with Gasteiger partial charge in [0.1, 0.15) is 0 Å². The SMILES string of the molecule is Cc1ccccc1CC(=[C-]C(C)C)C(=O)[O-].O=C=O.[Na+].[Na+]. The van der Waals surface area contributed by atoms with Crippen molar-refractivity contribution in [3.8, 4) is 0 Å². The minimum atomic E-state index is -1.13. The van der Waals surface area contributed by atoms with Gasteiger partial charge in [0.2, 0.25) is 0 Å². The van der Waals surface area contributed by atoms with E-state index >= 15 is 0 Å². The largest absolute Gasteiger partial charge is 1.00 e. The van der Waals surface area contributed by atoms with Crippen molar-refractivity contribution in [3.05, 3.63) is 47.0 Å². The van der Waals surface area contributed by atoms with Crippen LogP contribution in [0.15, 0.2) is 29.8 Å². The van der Waals surface area contributed by atoms with Crippen LogP contribution in [0.5, 0.6) is 0 Å². The number of hydrogen-bond acceptors (Lipinski definition) is 4. The monoisotopic (exact) mass is 306 g/mol. The van der Waals surface area contributed by atoms with Crippen molar-refractivity contribution in [2.24, 2.45) is 5.92 Å². The predicted octanol–water partition coefficient (Wildman–Crippen LogP) is -4.90. The topological polar surface area (TPSA) is 74.3 Å². The molecule has 0 heterocycles. The minimum Gasteiger partial charge on any atom is -0.658 e. The van der Waals surface area contributed by atoms with Gasteiger partial charge in [0.25, 0.3) is 0 Å². The van der Waals surface area contributed by atoms with Crippen molar-refractivity contribution >= 4 is 12.1 Å². The number of carbonyl (C=O) groups is 1. The zero-order valence-electron chi connectivity index (χ0n) is 13.2. The van der Waals surface area contributed by atoms with Crippen LogP contribution >= 0.6 is 0 Å². The summed E-state index contributed by atoms with van der Waals surface area (Å²) < 4.78 is 0. The zero-order valence-corrected chi connectivity index (χ0v) is 17.2. The summed E-state index contributed by atoms with van der Waals surface area (Å²) in [6, 6.07) is 7.75. The molecule has 0 N–H and O–H groups in total. The summed E-state index contributed by atoms with van der Waals surface area (Å²) in [5.41, 5.74) is 2.34. The zero-order chi connectivity index (χ0) is 14.8. The van der Waals surface area contributed by atoms with Crippen LogP contribution in [0, 0.1) is 18.9 Å². The third-order valence-corrected chi connectivity index (χ3v) is 2.34. The van der Waals surface area contributed by atoms with Crippen molar-refractivity contribution in [1.82, 2.24) is 0 Å². The second-order valence-electron chi connectivity index (χ2n) is 4.25.